The van der Waals surface area contributed by atoms with Crippen LogP contribution in [0.15, 0.2) is 0 Å². The Hall–Kier alpha value is -1.14. The molecule has 6 nitrogen and oxygen atoms in total. The molecule has 0 saturated carbocycles. The summed E-state index contributed by atoms with van der Waals surface area (Å²) in [6.45, 7) is 8.22. The molecule has 0 aromatic heterocycles. The van der Waals surface area contributed by atoms with E-state index in [4.69, 9.17) is 9.47 Å². The molecule has 1 spiro atoms. The Bertz CT molecular complexity index is 376. The predicted octanol–water partition coefficient (Wildman–Crippen LogP) is 0.653. The van der Waals surface area contributed by atoms with Crippen molar-refractivity contribution in [1.82, 2.24) is 9.80 Å². The van der Waals surface area contributed by atoms with Gasteiger partial charge >= 0.3 is 0 Å². The van der Waals surface area contributed by atoms with Crippen molar-refractivity contribution in [2.45, 2.75) is 38.6 Å². The molecule has 0 radical (unpaired) electrons. The van der Waals surface area contributed by atoms with Crippen LogP contribution in [0.4, 0.5) is 0 Å². The highest BCUT2D eigenvalue weighted by Crippen LogP contribution is 2.30. The summed E-state index contributed by atoms with van der Waals surface area (Å²) in [7, 11) is 0. The van der Waals surface area contributed by atoms with Crippen molar-refractivity contribution in [1.29, 1.82) is 0 Å². The van der Waals surface area contributed by atoms with Crippen molar-refractivity contribution in [2.24, 2.45) is 0 Å². The molecule has 2 saturated heterocycles. The van der Waals surface area contributed by atoms with E-state index in [0.717, 1.165) is 6.42 Å². The van der Waals surface area contributed by atoms with Crippen molar-refractivity contribution < 1.29 is 19.1 Å². The van der Waals surface area contributed by atoms with E-state index in [9.17, 15) is 9.59 Å². The third-order valence-electron chi connectivity index (χ3n) is 4.45. The van der Waals surface area contributed by atoms with Gasteiger partial charge in [0.2, 0.25) is 11.8 Å². The number of carbonyl (C=O) groups excluding carboxylic acids is 2. The zero-order valence-corrected chi connectivity index (χ0v) is 13.1. The fourth-order valence-electron chi connectivity index (χ4n) is 3.13. The lowest BCUT2D eigenvalue weighted by molar-refractivity contribution is -0.151. The van der Waals surface area contributed by atoms with Gasteiger partial charge in [-0.25, -0.2) is 0 Å². The predicted molar refractivity (Wildman–Crippen MR) is 77.9 cm³/mol. The van der Waals surface area contributed by atoms with E-state index in [1.54, 1.807) is 4.90 Å². The molecule has 0 aromatic rings. The van der Waals surface area contributed by atoms with E-state index in [1.165, 1.54) is 0 Å². The number of morpholine rings is 1. The smallest absolute Gasteiger partial charge is 0.223 e. The normalized spacial score (nSPS) is 25.3. The fourth-order valence-corrected chi connectivity index (χ4v) is 3.13. The second-order valence-electron chi connectivity index (χ2n) is 5.69. The maximum atomic E-state index is 12.5. The molecule has 2 fully saturated rings. The van der Waals surface area contributed by atoms with Gasteiger partial charge in [-0.2, -0.15) is 0 Å². The lowest BCUT2D eigenvalue weighted by Gasteiger charge is -2.43. The average Bonchev–Trinajstić information content (AvgIpc) is 2.95. The quantitative estimate of drug-likeness (QED) is 0.748. The molecule has 0 aliphatic carbocycles. The SMILES string of the molecule is CCN(CC)C(=O)CCC(=O)N1CCOCC12CCOC2. The second kappa shape index (κ2) is 7.22. The van der Waals surface area contributed by atoms with Crippen LogP contribution in [-0.4, -0.2) is 73.2 Å². The summed E-state index contributed by atoms with van der Waals surface area (Å²) < 4.78 is 11.0. The van der Waals surface area contributed by atoms with Gasteiger partial charge in [0.1, 0.15) is 0 Å². The lowest BCUT2D eigenvalue weighted by atomic mass is 9.95. The summed E-state index contributed by atoms with van der Waals surface area (Å²) in [5, 5.41) is 0. The highest BCUT2D eigenvalue weighted by Gasteiger charge is 2.45. The van der Waals surface area contributed by atoms with Gasteiger partial charge in [0.25, 0.3) is 0 Å². The van der Waals surface area contributed by atoms with Crippen LogP contribution in [0.1, 0.15) is 33.1 Å². The summed E-state index contributed by atoms with van der Waals surface area (Å²) in [6.07, 6.45) is 1.38. The number of hydrogen-bond donors (Lipinski definition) is 0. The molecule has 2 aliphatic heterocycles. The summed E-state index contributed by atoms with van der Waals surface area (Å²) in [5.74, 6) is 0.0997. The van der Waals surface area contributed by atoms with Gasteiger partial charge in [-0.15, -0.1) is 0 Å². The van der Waals surface area contributed by atoms with Gasteiger partial charge in [0.15, 0.2) is 0 Å². The molecule has 120 valence electrons. The van der Waals surface area contributed by atoms with Crippen LogP contribution >= 0.6 is 0 Å². The molecule has 2 heterocycles. The average molecular weight is 298 g/mol. The highest BCUT2D eigenvalue weighted by atomic mass is 16.5. The van der Waals surface area contributed by atoms with Crippen LogP contribution < -0.4 is 0 Å². The Balaban J connectivity index is 1.91. The van der Waals surface area contributed by atoms with Gasteiger partial charge in [-0.3, -0.25) is 9.59 Å². The molecule has 1 unspecified atom stereocenters. The number of carbonyl (C=O) groups is 2. The van der Waals surface area contributed by atoms with E-state index in [1.807, 2.05) is 18.7 Å². The first kappa shape index (κ1) is 16.2. The minimum atomic E-state index is -0.298. The Morgan fingerprint density at radius 2 is 1.76 bits per heavy atom. The Labute approximate surface area is 126 Å². The van der Waals surface area contributed by atoms with Crippen LogP contribution in [0.3, 0.4) is 0 Å². The van der Waals surface area contributed by atoms with E-state index in [-0.39, 0.29) is 30.2 Å². The van der Waals surface area contributed by atoms with E-state index in [2.05, 4.69) is 0 Å². The summed E-state index contributed by atoms with van der Waals surface area (Å²) in [6, 6.07) is 0. The third-order valence-corrected chi connectivity index (χ3v) is 4.45. The Morgan fingerprint density at radius 1 is 1.10 bits per heavy atom. The molecule has 0 N–H and O–H groups in total. The molecule has 2 aliphatic rings. The summed E-state index contributed by atoms with van der Waals surface area (Å²) in [5.41, 5.74) is -0.298. The highest BCUT2D eigenvalue weighted by molar-refractivity contribution is 5.84. The molecular formula is C15H26N2O4. The van der Waals surface area contributed by atoms with Crippen molar-refractivity contribution in [3.8, 4) is 0 Å². The first-order valence-electron chi connectivity index (χ1n) is 7.86. The zero-order chi connectivity index (χ0) is 15.3. The topological polar surface area (TPSA) is 59.1 Å². The number of hydrogen-bond acceptors (Lipinski definition) is 4. The van der Waals surface area contributed by atoms with Crippen LogP contribution in [-0.2, 0) is 19.1 Å². The van der Waals surface area contributed by atoms with Gasteiger partial charge in [0.05, 0.1) is 25.4 Å². The Kier molecular flexibility index (Phi) is 5.58. The van der Waals surface area contributed by atoms with Crippen LogP contribution in [0, 0.1) is 0 Å². The van der Waals surface area contributed by atoms with Gasteiger partial charge in [-0.05, 0) is 20.3 Å². The van der Waals surface area contributed by atoms with Gasteiger partial charge < -0.3 is 19.3 Å². The first-order valence-corrected chi connectivity index (χ1v) is 7.86. The van der Waals surface area contributed by atoms with Crippen LogP contribution in [0.25, 0.3) is 0 Å². The Morgan fingerprint density at radius 3 is 2.38 bits per heavy atom. The monoisotopic (exact) mass is 298 g/mol. The van der Waals surface area contributed by atoms with Crippen LogP contribution in [0.2, 0.25) is 0 Å². The number of amides is 2. The van der Waals surface area contributed by atoms with E-state index >= 15 is 0 Å². The second-order valence-corrected chi connectivity index (χ2v) is 5.69. The fraction of sp³-hybridized carbons (Fsp3) is 0.867. The molecule has 1 atom stereocenters. The maximum Gasteiger partial charge on any atom is 0.223 e. The molecular weight excluding hydrogens is 272 g/mol. The van der Waals surface area contributed by atoms with Crippen molar-refractivity contribution in [3.63, 3.8) is 0 Å². The first-order chi connectivity index (χ1) is 10.1. The summed E-state index contributed by atoms with van der Waals surface area (Å²) in [4.78, 5) is 28.2. The molecule has 2 rings (SSSR count). The standard InChI is InChI=1S/C15H26N2O4/c1-3-16(4-2)13(18)5-6-14(19)17-8-10-21-12-15(17)7-9-20-11-15/h3-12H2,1-2H3. The van der Waals surface area contributed by atoms with E-state index in [0.29, 0.717) is 46.1 Å². The zero-order valence-electron chi connectivity index (χ0n) is 13.1. The van der Waals surface area contributed by atoms with E-state index < -0.39 is 0 Å². The van der Waals surface area contributed by atoms with Gasteiger partial charge in [-0.1, -0.05) is 0 Å². The minimum absolute atomic E-state index is 0.0457. The van der Waals surface area contributed by atoms with Gasteiger partial charge in [0, 0.05) is 39.1 Å². The lowest BCUT2D eigenvalue weighted by Crippen LogP contribution is -2.59. The minimum Gasteiger partial charge on any atom is -0.379 e. The molecule has 6 heteroatoms. The maximum absolute atomic E-state index is 12.5. The molecule has 21 heavy (non-hydrogen) atoms. The summed E-state index contributed by atoms with van der Waals surface area (Å²) >= 11 is 0. The van der Waals surface area contributed by atoms with Crippen molar-refractivity contribution in [3.05, 3.63) is 0 Å². The molecule has 2 amide bonds. The molecule has 0 aromatic carbocycles. The largest absolute Gasteiger partial charge is 0.379 e. The number of nitrogens with zero attached hydrogens (tertiary/aromatic N) is 2. The van der Waals surface area contributed by atoms with Crippen molar-refractivity contribution >= 4 is 11.8 Å². The molecule has 0 bridgehead atoms. The van der Waals surface area contributed by atoms with Crippen molar-refractivity contribution in [2.75, 3.05) is 46.1 Å². The number of rotatable bonds is 5. The third kappa shape index (κ3) is 3.55. The van der Waals surface area contributed by atoms with Crippen LogP contribution in [0.5, 0.6) is 0 Å². The number of ether oxygens (including phenoxy) is 2.